The van der Waals surface area contributed by atoms with Crippen molar-refractivity contribution in [3.05, 3.63) is 60.8 Å². The van der Waals surface area contributed by atoms with Crippen molar-refractivity contribution in [2.24, 2.45) is 0 Å². The van der Waals surface area contributed by atoms with Gasteiger partial charge in [-0.05, 0) is 77.0 Å². The van der Waals surface area contributed by atoms with E-state index in [0.717, 1.165) is 116 Å². The van der Waals surface area contributed by atoms with Gasteiger partial charge in [0, 0.05) is 19.3 Å². The highest BCUT2D eigenvalue weighted by Crippen LogP contribution is 2.26. The fraction of sp³-hybridized carbons (Fsp3) is 0.763. The second-order valence-electron chi connectivity index (χ2n) is 19.2. The Morgan fingerprint density at radius 1 is 0.479 bits per heavy atom. The Hall–Kier alpha value is -3.58. The number of aliphatic hydroxyl groups excluding tert-OH is 2. The molecule has 0 aliphatic carbocycles. The van der Waals surface area contributed by atoms with Crippen LogP contribution in [0.25, 0.3) is 0 Å². The first-order valence-electron chi connectivity index (χ1n) is 28.3. The molecule has 0 amide bonds. The van der Waals surface area contributed by atoms with Crippen LogP contribution in [0.3, 0.4) is 0 Å². The minimum absolute atomic E-state index is 0.0593. The highest BCUT2D eigenvalue weighted by molar-refractivity contribution is 5.74. The Labute approximate surface area is 430 Å². The van der Waals surface area contributed by atoms with E-state index < -0.39 is 67.3 Å². The summed E-state index contributed by atoms with van der Waals surface area (Å²) < 4.78 is 28.3. The number of rotatable bonds is 47. The van der Waals surface area contributed by atoms with Crippen molar-refractivity contribution < 1.29 is 58.2 Å². The van der Waals surface area contributed by atoms with Crippen LogP contribution in [0, 0.1) is 0 Å². The molecule has 408 valence electrons. The van der Waals surface area contributed by atoms with Crippen LogP contribution in [-0.2, 0) is 42.9 Å². The maximum absolute atomic E-state index is 13.1. The molecule has 1 rings (SSSR count). The number of aliphatic carboxylic acids is 1. The molecule has 6 atom stereocenters. The molecular weight excluding hydrogens is 901 g/mol. The Bertz CT molecular complexity index is 1470. The lowest BCUT2D eigenvalue weighted by Gasteiger charge is -2.40. The van der Waals surface area contributed by atoms with E-state index in [9.17, 15) is 34.5 Å². The Morgan fingerprint density at radius 2 is 0.901 bits per heavy atom. The Morgan fingerprint density at radius 3 is 1.41 bits per heavy atom. The quantitative estimate of drug-likeness (QED) is 0.0228. The van der Waals surface area contributed by atoms with Crippen molar-refractivity contribution in [3.8, 4) is 0 Å². The normalized spacial score (nSPS) is 18.9. The van der Waals surface area contributed by atoms with Gasteiger partial charge in [0.2, 0.25) is 0 Å². The maximum atomic E-state index is 13.1. The molecule has 0 radical (unpaired) electrons. The zero-order valence-corrected chi connectivity index (χ0v) is 44.7. The van der Waals surface area contributed by atoms with Crippen LogP contribution in [-0.4, -0.2) is 89.2 Å². The Balaban J connectivity index is 2.71. The first-order chi connectivity index (χ1) is 34.6. The largest absolute Gasteiger partial charge is 0.479 e. The first kappa shape index (κ1) is 65.4. The third kappa shape index (κ3) is 37.8. The summed E-state index contributed by atoms with van der Waals surface area (Å²) in [6.07, 6.45) is 44.9. The van der Waals surface area contributed by atoms with Gasteiger partial charge in [-0.15, -0.1) is 0 Å². The lowest BCUT2D eigenvalue weighted by molar-refractivity contribution is -0.301. The number of allylic oxidation sites excluding steroid dienone is 10. The zero-order valence-electron chi connectivity index (χ0n) is 44.7. The van der Waals surface area contributed by atoms with Gasteiger partial charge in [-0.3, -0.25) is 14.4 Å². The lowest BCUT2D eigenvalue weighted by Crippen LogP contribution is -2.61. The number of ether oxygens (including phenoxy) is 5. The van der Waals surface area contributed by atoms with Gasteiger partial charge in [-0.1, -0.05) is 204 Å². The van der Waals surface area contributed by atoms with Crippen molar-refractivity contribution in [1.82, 2.24) is 0 Å². The number of carboxylic acid groups (broad SMARTS) is 1. The van der Waals surface area contributed by atoms with E-state index in [1.54, 1.807) is 0 Å². The second kappa shape index (κ2) is 47.4. The number of carbonyl (C=O) groups is 4. The van der Waals surface area contributed by atoms with Gasteiger partial charge in [-0.2, -0.15) is 0 Å². The summed E-state index contributed by atoms with van der Waals surface area (Å²) in [5, 5.41) is 31.4. The summed E-state index contributed by atoms with van der Waals surface area (Å²) in [5.41, 5.74) is 0. The minimum atomic E-state index is -1.90. The van der Waals surface area contributed by atoms with Crippen molar-refractivity contribution in [2.75, 3.05) is 13.2 Å². The molecule has 1 heterocycles. The highest BCUT2D eigenvalue weighted by atomic mass is 16.7. The highest BCUT2D eigenvalue weighted by Gasteiger charge is 2.50. The molecular formula is C59H100O12. The van der Waals surface area contributed by atoms with Gasteiger partial charge in [0.05, 0.1) is 6.61 Å². The first-order valence-corrected chi connectivity index (χ1v) is 28.3. The van der Waals surface area contributed by atoms with Crippen LogP contribution in [0.5, 0.6) is 0 Å². The SMILES string of the molecule is CC/C=C\C/C=C\C/C=C\C/C=C\CCCCCCC(=O)OCC(COC1OC(C(=O)O)C(O)C(O)C1OC(=O)CCCCCCCCCCCCCCC)OC(=O)CCCCCCC/C=C\CCCC. The summed E-state index contributed by atoms with van der Waals surface area (Å²) in [4.78, 5) is 50.9. The number of carboxylic acids is 1. The van der Waals surface area contributed by atoms with Crippen LogP contribution in [0.4, 0.5) is 0 Å². The van der Waals surface area contributed by atoms with E-state index in [2.05, 4.69) is 81.5 Å². The number of carbonyl (C=O) groups excluding carboxylic acids is 3. The number of aliphatic hydroxyl groups is 2. The average Bonchev–Trinajstić information content (AvgIpc) is 3.35. The lowest BCUT2D eigenvalue weighted by atomic mass is 9.98. The summed E-state index contributed by atoms with van der Waals surface area (Å²) >= 11 is 0. The Kier molecular flexibility index (Phi) is 43.7. The molecule has 71 heavy (non-hydrogen) atoms. The number of esters is 3. The van der Waals surface area contributed by atoms with E-state index in [1.807, 2.05) is 0 Å². The van der Waals surface area contributed by atoms with Crippen LogP contribution in [0.1, 0.15) is 239 Å². The standard InChI is InChI=1S/C59H100O12/c1-4-7-10-13-16-19-22-24-25-26-27-29-31-33-36-39-42-45-51(60)67-48-50(69-52(61)46-43-40-37-34-30-21-18-15-12-9-6-3)49-68-59-57(55(64)54(63)56(71-59)58(65)66)70-53(62)47-44-41-38-35-32-28-23-20-17-14-11-8-5-2/h7,10,15-16,18-19,24-25,27,29,50,54-57,59,63-64H,4-6,8-9,11-14,17,20-23,26,28,30-49H2,1-3H3,(H,65,66)/b10-7-,18-15-,19-16-,25-24-,29-27-. The molecule has 0 aromatic rings. The van der Waals surface area contributed by atoms with Gasteiger partial charge < -0.3 is 39.0 Å². The average molecular weight is 1000 g/mol. The molecule has 1 fully saturated rings. The third-order valence-corrected chi connectivity index (χ3v) is 12.6. The molecule has 0 bridgehead atoms. The smallest absolute Gasteiger partial charge is 0.335 e. The van der Waals surface area contributed by atoms with Gasteiger partial charge in [0.15, 0.2) is 24.6 Å². The summed E-state index contributed by atoms with van der Waals surface area (Å²) in [7, 11) is 0. The summed E-state index contributed by atoms with van der Waals surface area (Å²) in [6.45, 7) is 5.80. The van der Waals surface area contributed by atoms with Crippen molar-refractivity contribution in [3.63, 3.8) is 0 Å². The fourth-order valence-corrected chi connectivity index (χ4v) is 8.22. The van der Waals surface area contributed by atoms with Crippen LogP contribution in [0.2, 0.25) is 0 Å². The predicted octanol–water partition coefficient (Wildman–Crippen LogP) is 14.0. The van der Waals surface area contributed by atoms with Gasteiger partial charge >= 0.3 is 23.9 Å². The minimum Gasteiger partial charge on any atom is -0.479 e. The number of unbranched alkanes of at least 4 members (excludes halogenated alkanes) is 23. The molecule has 1 aliphatic rings. The van der Waals surface area contributed by atoms with Gasteiger partial charge in [0.1, 0.15) is 18.8 Å². The van der Waals surface area contributed by atoms with Crippen molar-refractivity contribution in [1.29, 1.82) is 0 Å². The molecule has 1 aliphatic heterocycles. The van der Waals surface area contributed by atoms with Crippen molar-refractivity contribution >= 4 is 23.9 Å². The molecule has 12 heteroatoms. The van der Waals surface area contributed by atoms with E-state index in [1.165, 1.54) is 64.2 Å². The molecule has 3 N–H and O–H groups in total. The molecule has 0 aromatic carbocycles. The summed E-state index contributed by atoms with van der Waals surface area (Å²) in [5.74, 6) is -3.16. The molecule has 6 unspecified atom stereocenters. The molecule has 12 nitrogen and oxygen atoms in total. The van der Waals surface area contributed by atoms with Crippen LogP contribution < -0.4 is 0 Å². The second-order valence-corrected chi connectivity index (χ2v) is 19.2. The third-order valence-electron chi connectivity index (χ3n) is 12.6. The number of hydrogen-bond donors (Lipinski definition) is 3. The van der Waals surface area contributed by atoms with Gasteiger partial charge in [0.25, 0.3) is 0 Å². The van der Waals surface area contributed by atoms with E-state index in [-0.39, 0.29) is 25.9 Å². The molecule has 0 spiro atoms. The predicted molar refractivity (Wildman–Crippen MR) is 285 cm³/mol. The van der Waals surface area contributed by atoms with Crippen molar-refractivity contribution in [2.45, 2.75) is 276 Å². The maximum Gasteiger partial charge on any atom is 0.335 e. The fourth-order valence-electron chi connectivity index (χ4n) is 8.22. The van der Waals surface area contributed by atoms with Gasteiger partial charge in [-0.25, -0.2) is 4.79 Å². The molecule has 0 saturated carbocycles. The molecule has 1 saturated heterocycles. The topological polar surface area (TPSA) is 175 Å². The molecule has 0 aromatic heterocycles. The van der Waals surface area contributed by atoms with Crippen LogP contribution in [0.15, 0.2) is 60.8 Å². The number of hydrogen-bond acceptors (Lipinski definition) is 11. The summed E-state index contributed by atoms with van der Waals surface area (Å²) in [6, 6.07) is 0. The van der Waals surface area contributed by atoms with E-state index in [4.69, 9.17) is 23.7 Å². The monoisotopic (exact) mass is 1000 g/mol. The van der Waals surface area contributed by atoms with E-state index in [0.29, 0.717) is 19.3 Å². The zero-order chi connectivity index (χ0) is 51.8. The van der Waals surface area contributed by atoms with Crippen LogP contribution >= 0.6 is 0 Å². The van der Waals surface area contributed by atoms with E-state index >= 15 is 0 Å².